The summed E-state index contributed by atoms with van der Waals surface area (Å²) in [5, 5.41) is 0. The molecule has 1 aromatic rings. The second kappa shape index (κ2) is 5.49. The Bertz CT molecular complexity index is 445. The van der Waals surface area contributed by atoms with E-state index in [1.54, 1.807) is 0 Å². The van der Waals surface area contributed by atoms with Crippen LogP contribution in [0.4, 0.5) is 0 Å². The van der Waals surface area contributed by atoms with E-state index in [1.165, 1.54) is 38.5 Å². The molecule has 3 heteroatoms. The lowest BCUT2D eigenvalue weighted by molar-refractivity contribution is 0.0888. The number of aryl methyl sites for hydroxylation is 1. The molecule has 104 valence electrons. The first kappa shape index (κ1) is 12.9. The largest absolute Gasteiger partial charge is 0.348 e. The van der Waals surface area contributed by atoms with Crippen LogP contribution in [0.25, 0.3) is 0 Å². The van der Waals surface area contributed by atoms with Gasteiger partial charge in [-0.05, 0) is 50.3 Å². The summed E-state index contributed by atoms with van der Waals surface area (Å²) in [5.74, 6) is 1.13. The van der Waals surface area contributed by atoms with Gasteiger partial charge in [-0.2, -0.15) is 0 Å². The summed E-state index contributed by atoms with van der Waals surface area (Å²) in [6.45, 7) is 1.72. The van der Waals surface area contributed by atoms with E-state index >= 15 is 0 Å². The fraction of sp³-hybridized carbons (Fsp3) is 0.688. The zero-order chi connectivity index (χ0) is 13.2. The van der Waals surface area contributed by atoms with Crippen LogP contribution >= 0.6 is 0 Å². The monoisotopic (exact) mass is 260 g/mol. The molecule has 0 amide bonds. The SMILES string of the molecule is Cn1cccc1C(=O)CN1CCCC1C1CCCC1. The number of likely N-dealkylation sites (tertiary alicyclic amines) is 1. The molecule has 1 aromatic heterocycles. The van der Waals surface area contributed by atoms with E-state index in [0.717, 1.165) is 18.2 Å². The lowest BCUT2D eigenvalue weighted by Gasteiger charge is -2.28. The standard InChI is InChI=1S/C16H24N2O/c1-17-10-4-9-15(17)16(19)12-18-11-5-8-14(18)13-6-2-3-7-13/h4,9-10,13-14H,2-3,5-8,11-12H2,1H3. The number of nitrogens with zero attached hydrogens (tertiary/aromatic N) is 2. The molecule has 1 aliphatic heterocycles. The molecule has 19 heavy (non-hydrogen) atoms. The van der Waals surface area contributed by atoms with Crippen LogP contribution in [0.15, 0.2) is 18.3 Å². The van der Waals surface area contributed by atoms with E-state index in [1.807, 2.05) is 29.9 Å². The maximum Gasteiger partial charge on any atom is 0.193 e. The van der Waals surface area contributed by atoms with Gasteiger partial charge in [-0.15, -0.1) is 0 Å². The zero-order valence-electron chi connectivity index (χ0n) is 11.8. The predicted molar refractivity (Wildman–Crippen MR) is 76.3 cm³/mol. The summed E-state index contributed by atoms with van der Waals surface area (Å²) in [5.41, 5.74) is 0.845. The Hall–Kier alpha value is -1.09. The molecule has 0 aromatic carbocycles. The van der Waals surface area contributed by atoms with Crippen LogP contribution in [-0.4, -0.2) is 34.4 Å². The summed E-state index contributed by atoms with van der Waals surface area (Å²) < 4.78 is 1.93. The van der Waals surface area contributed by atoms with Gasteiger partial charge >= 0.3 is 0 Å². The van der Waals surface area contributed by atoms with Crippen molar-refractivity contribution in [1.82, 2.24) is 9.47 Å². The smallest absolute Gasteiger partial charge is 0.193 e. The van der Waals surface area contributed by atoms with Crippen LogP contribution in [0, 0.1) is 5.92 Å². The van der Waals surface area contributed by atoms with Gasteiger partial charge in [0.1, 0.15) is 0 Å². The van der Waals surface area contributed by atoms with E-state index in [2.05, 4.69) is 4.90 Å². The highest BCUT2D eigenvalue weighted by Gasteiger charge is 2.34. The van der Waals surface area contributed by atoms with Gasteiger partial charge in [0.25, 0.3) is 0 Å². The zero-order valence-corrected chi connectivity index (χ0v) is 11.8. The lowest BCUT2D eigenvalue weighted by Crippen LogP contribution is -2.38. The Morgan fingerprint density at radius 3 is 2.74 bits per heavy atom. The van der Waals surface area contributed by atoms with Crippen LogP contribution < -0.4 is 0 Å². The molecule has 0 radical (unpaired) electrons. The summed E-state index contributed by atoms with van der Waals surface area (Å²) in [4.78, 5) is 14.8. The highest BCUT2D eigenvalue weighted by Crippen LogP contribution is 2.35. The quantitative estimate of drug-likeness (QED) is 0.778. The number of hydrogen-bond donors (Lipinski definition) is 0. The summed E-state index contributed by atoms with van der Waals surface area (Å²) in [6.07, 6.45) is 10.0. The van der Waals surface area contributed by atoms with Gasteiger partial charge in [0, 0.05) is 19.3 Å². The van der Waals surface area contributed by atoms with Crippen molar-refractivity contribution in [3.8, 4) is 0 Å². The first-order chi connectivity index (χ1) is 9.25. The van der Waals surface area contributed by atoms with Crippen molar-refractivity contribution < 1.29 is 4.79 Å². The maximum atomic E-state index is 12.4. The Kier molecular flexibility index (Phi) is 3.74. The third kappa shape index (κ3) is 2.62. The van der Waals surface area contributed by atoms with Crippen LogP contribution in [-0.2, 0) is 7.05 Å². The lowest BCUT2D eigenvalue weighted by atomic mass is 9.96. The van der Waals surface area contributed by atoms with Gasteiger partial charge in [0.2, 0.25) is 0 Å². The number of carbonyl (C=O) groups excluding carboxylic acids is 1. The number of carbonyl (C=O) groups is 1. The normalized spacial score (nSPS) is 25.2. The number of rotatable bonds is 4. The maximum absolute atomic E-state index is 12.4. The van der Waals surface area contributed by atoms with Gasteiger partial charge in [0.05, 0.1) is 12.2 Å². The summed E-state index contributed by atoms with van der Waals surface area (Å²) in [6, 6.07) is 4.56. The van der Waals surface area contributed by atoms with E-state index < -0.39 is 0 Å². The van der Waals surface area contributed by atoms with Crippen molar-refractivity contribution >= 4 is 5.78 Å². The highest BCUT2D eigenvalue weighted by molar-refractivity contribution is 5.96. The van der Waals surface area contributed by atoms with Gasteiger partial charge in [-0.25, -0.2) is 0 Å². The van der Waals surface area contributed by atoms with Crippen molar-refractivity contribution in [2.75, 3.05) is 13.1 Å². The minimum Gasteiger partial charge on any atom is -0.348 e. The van der Waals surface area contributed by atoms with Crippen molar-refractivity contribution in [2.45, 2.75) is 44.6 Å². The second-order valence-electron chi connectivity index (χ2n) is 6.15. The van der Waals surface area contributed by atoms with E-state index in [4.69, 9.17) is 0 Å². The van der Waals surface area contributed by atoms with Crippen LogP contribution in [0.5, 0.6) is 0 Å². The fourth-order valence-electron chi connectivity index (χ4n) is 3.94. The third-order valence-corrected chi connectivity index (χ3v) is 4.93. The predicted octanol–water partition coefficient (Wildman–Crippen LogP) is 2.86. The molecule has 1 unspecified atom stereocenters. The Labute approximate surface area is 115 Å². The molecule has 1 atom stereocenters. The molecule has 1 saturated carbocycles. The molecular weight excluding hydrogens is 236 g/mol. The summed E-state index contributed by atoms with van der Waals surface area (Å²) in [7, 11) is 1.95. The number of ketones is 1. The Morgan fingerprint density at radius 2 is 2.05 bits per heavy atom. The van der Waals surface area contributed by atoms with Gasteiger partial charge < -0.3 is 4.57 Å². The fourth-order valence-corrected chi connectivity index (χ4v) is 3.94. The van der Waals surface area contributed by atoms with E-state index in [-0.39, 0.29) is 5.78 Å². The molecule has 0 N–H and O–H groups in total. The molecule has 2 fully saturated rings. The van der Waals surface area contributed by atoms with Crippen molar-refractivity contribution in [1.29, 1.82) is 0 Å². The van der Waals surface area contributed by atoms with Crippen molar-refractivity contribution in [2.24, 2.45) is 13.0 Å². The van der Waals surface area contributed by atoms with Gasteiger partial charge in [-0.1, -0.05) is 12.8 Å². The second-order valence-corrected chi connectivity index (χ2v) is 6.15. The van der Waals surface area contributed by atoms with Gasteiger partial charge in [-0.3, -0.25) is 9.69 Å². The molecule has 0 spiro atoms. The number of Topliss-reactive ketones (excluding diaryl/α,β-unsaturated/α-hetero) is 1. The molecule has 1 saturated heterocycles. The molecule has 3 nitrogen and oxygen atoms in total. The number of aromatic nitrogens is 1. The van der Waals surface area contributed by atoms with Crippen LogP contribution in [0.2, 0.25) is 0 Å². The van der Waals surface area contributed by atoms with Crippen molar-refractivity contribution in [3.05, 3.63) is 24.0 Å². The minimum atomic E-state index is 0.275. The van der Waals surface area contributed by atoms with Gasteiger partial charge in [0.15, 0.2) is 5.78 Å². The van der Waals surface area contributed by atoms with Crippen molar-refractivity contribution in [3.63, 3.8) is 0 Å². The average Bonchev–Trinajstić information content (AvgIpc) is 3.07. The van der Waals surface area contributed by atoms with Crippen LogP contribution in [0.3, 0.4) is 0 Å². The molecule has 1 aliphatic carbocycles. The average molecular weight is 260 g/mol. The first-order valence-electron chi connectivity index (χ1n) is 7.64. The molecule has 2 aliphatic rings. The third-order valence-electron chi connectivity index (χ3n) is 4.93. The Balaban J connectivity index is 1.65. The minimum absolute atomic E-state index is 0.275. The number of hydrogen-bond acceptors (Lipinski definition) is 2. The first-order valence-corrected chi connectivity index (χ1v) is 7.64. The van der Waals surface area contributed by atoms with Crippen LogP contribution in [0.1, 0.15) is 49.0 Å². The molecular formula is C16H24N2O. The van der Waals surface area contributed by atoms with E-state index in [9.17, 15) is 4.79 Å². The molecule has 2 heterocycles. The van der Waals surface area contributed by atoms with E-state index in [0.29, 0.717) is 12.6 Å². The summed E-state index contributed by atoms with van der Waals surface area (Å²) >= 11 is 0. The highest BCUT2D eigenvalue weighted by atomic mass is 16.1. The molecule has 3 rings (SSSR count). The topological polar surface area (TPSA) is 25.2 Å². The Morgan fingerprint density at radius 1 is 1.26 bits per heavy atom. The molecule has 0 bridgehead atoms.